The second kappa shape index (κ2) is 8.57. The molecule has 0 aliphatic carbocycles. The van der Waals surface area contributed by atoms with Gasteiger partial charge in [-0.3, -0.25) is 34.7 Å². The van der Waals surface area contributed by atoms with Gasteiger partial charge in [-0.1, -0.05) is 0 Å². The fourth-order valence-corrected chi connectivity index (χ4v) is 3.76. The number of amides is 3. The zero-order valence-electron chi connectivity index (χ0n) is 16.6. The zero-order valence-corrected chi connectivity index (χ0v) is 17.4. The summed E-state index contributed by atoms with van der Waals surface area (Å²) in [7, 11) is 0. The molecule has 3 rings (SSSR count). The lowest BCUT2D eigenvalue weighted by Gasteiger charge is -2.36. The predicted octanol–water partition coefficient (Wildman–Crippen LogP) is 0.910. The number of likely N-dealkylation sites (N-methyl/N-ethyl adjacent to an activating group) is 1. The van der Waals surface area contributed by atoms with E-state index in [9.17, 15) is 24.5 Å². The SMILES string of the molecule is CCN1C(=O)/C(=C\c2cc([N+](=O)[O-])ccc2N2CCN(C(C)=O)CC2)C(=O)NC1=S. The Labute approximate surface area is 178 Å². The van der Waals surface area contributed by atoms with Crippen molar-refractivity contribution in [1.82, 2.24) is 15.1 Å². The van der Waals surface area contributed by atoms with Gasteiger partial charge < -0.3 is 9.80 Å². The Bertz CT molecular complexity index is 968. The third-order valence-electron chi connectivity index (χ3n) is 5.09. The average molecular weight is 431 g/mol. The van der Waals surface area contributed by atoms with Crippen molar-refractivity contribution in [2.24, 2.45) is 0 Å². The molecule has 2 aliphatic heterocycles. The number of rotatable bonds is 4. The molecule has 1 aromatic carbocycles. The minimum absolute atomic E-state index is 0.0132. The van der Waals surface area contributed by atoms with Crippen molar-refractivity contribution in [2.45, 2.75) is 13.8 Å². The number of benzene rings is 1. The van der Waals surface area contributed by atoms with Crippen LogP contribution >= 0.6 is 12.2 Å². The Morgan fingerprint density at radius 3 is 2.50 bits per heavy atom. The van der Waals surface area contributed by atoms with Crippen LogP contribution in [0.25, 0.3) is 6.08 Å². The number of piperazine rings is 1. The van der Waals surface area contributed by atoms with Crippen LogP contribution in [-0.2, 0) is 14.4 Å². The molecule has 11 heteroatoms. The Morgan fingerprint density at radius 2 is 1.93 bits per heavy atom. The molecule has 0 unspecified atom stereocenters. The van der Waals surface area contributed by atoms with E-state index in [0.717, 1.165) is 0 Å². The molecule has 2 saturated heterocycles. The molecule has 0 aromatic heterocycles. The lowest BCUT2D eigenvalue weighted by Crippen LogP contribution is -2.53. The molecule has 3 amide bonds. The molecule has 158 valence electrons. The second-order valence-corrected chi connectivity index (χ2v) is 7.25. The Morgan fingerprint density at radius 1 is 1.27 bits per heavy atom. The minimum atomic E-state index is -0.645. The number of anilines is 1. The maximum Gasteiger partial charge on any atom is 0.270 e. The van der Waals surface area contributed by atoms with E-state index >= 15 is 0 Å². The largest absolute Gasteiger partial charge is 0.367 e. The van der Waals surface area contributed by atoms with Crippen molar-refractivity contribution in [2.75, 3.05) is 37.6 Å². The monoisotopic (exact) mass is 431 g/mol. The number of nitrogens with zero attached hydrogens (tertiary/aromatic N) is 4. The van der Waals surface area contributed by atoms with E-state index in [-0.39, 0.29) is 28.8 Å². The molecular formula is C19H21N5O5S. The fraction of sp³-hybridized carbons (Fsp3) is 0.368. The second-order valence-electron chi connectivity index (χ2n) is 6.86. The summed E-state index contributed by atoms with van der Waals surface area (Å²) in [5.74, 6) is -1.21. The number of hydrogen-bond acceptors (Lipinski definition) is 7. The van der Waals surface area contributed by atoms with Gasteiger partial charge in [0.2, 0.25) is 5.91 Å². The number of hydrogen-bond donors (Lipinski definition) is 1. The normalized spacial score (nSPS) is 18.7. The molecule has 1 aromatic rings. The van der Waals surface area contributed by atoms with Gasteiger partial charge in [-0.25, -0.2) is 0 Å². The summed E-state index contributed by atoms with van der Waals surface area (Å²) in [6, 6.07) is 4.32. The van der Waals surface area contributed by atoms with Crippen LogP contribution in [-0.4, -0.2) is 70.3 Å². The number of nitro groups is 1. The molecule has 0 atom stereocenters. The number of carbonyl (C=O) groups is 3. The van der Waals surface area contributed by atoms with Crippen LogP contribution in [0.5, 0.6) is 0 Å². The van der Waals surface area contributed by atoms with Crippen molar-refractivity contribution in [3.8, 4) is 0 Å². The third kappa shape index (κ3) is 4.15. The molecule has 0 bridgehead atoms. The number of nitro benzene ring substituents is 1. The summed E-state index contributed by atoms with van der Waals surface area (Å²) in [5, 5.41) is 13.8. The fourth-order valence-electron chi connectivity index (χ4n) is 3.46. The summed E-state index contributed by atoms with van der Waals surface area (Å²) in [6.07, 6.45) is 1.36. The number of carbonyl (C=O) groups excluding carboxylic acids is 3. The van der Waals surface area contributed by atoms with Crippen LogP contribution in [0.15, 0.2) is 23.8 Å². The van der Waals surface area contributed by atoms with Gasteiger partial charge in [0.1, 0.15) is 5.57 Å². The Balaban J connectivity index is 2.01. The van der Waals surface area contributed by atoms with Crippen LogP contribution in [0.3, 0.4) is 0 Å². The van der Waals surface area contributed by atoms with Crippen LogP contribution in [0.2, 0.25) is 0 Å². The van der Waals surface area contributed by atoms with Crippen LogP contribution < -0.4 is 10.2 Å². The highest BCUT2D eigenvalue weighted by Crippen LogP contribution is 2.29. The quantitative estimate of drug-likeness (QED) is 0.248. The molecule has 1 N–H and O–H groups in total. The van der Waals surface area contributed by atoms with Crippen LogP contribution in [0.1, 0.15) is 19.4 Å². The lowest BCUT2D eigenvalue weighted by atomic mass is 10.0. The van der Waals surface area contributed by atoms with Gasteiger partial charge in [0.15, 0.2) is 5.11 Å². The van der Waals surface area contributed by atoms with E-state index in [0.29, 0.717) is 37.4 Å². The lowest BCUT2D eigenvalue weighted by molar-refractivity contribution is -0.384. The first kappa shape index (κ1) is 21.4. The first-order valence-electron chi connectivity index (χ1n) is 9.40. The van der Waals surface area contributed by atoms with E-state index in [1.807, 2.05) is 4.90 Å². The van der Waals surface area contributed by atoms with Crippen LogP contribution in [0, 0.1) is 10.1 Å². The summed E-state index contributed by atoms with van der Waals surface area (Å²) < 4.78 is 0. The summed E-state index contributed by atoms with van der Waals surface area (Å²) in [4.78, 5) is 52.4. The molecule has 2 aliphatic rings. The highest BCUT2D eigenvalue weighted by atomic mass is 32.1. The molecule has 2 fully saturated rings. The van der Waals surface area contributed by atoms with E-state index in [2.05, 4.69) is 5.32 Å². The topological polar surface area (TPSA) is 116 Å². The Kier molecular flexibility index (Phi) is 6.11. The van der Waals surface area contributed by atoms with Crippen LogP contribution in [0.4, 0.5) is 11.4 Å². The van der Waals surface area contributed by atoms with Gasteiger partial charge in [0, 0.05) is 63.0 Å². The molecular weight excluding hydrogens is 410 g/mol. The van der Waals surface area contributed by atoms with Crippen molar-refractivity contribution >= 4 is 52.5 Å². The first-order valence-corrected chi connectivity index (χ1v) is 9.81. The molecule has 0 spiro atoms. The van der Waals surface area contributed by atoms with Gasteiger partial charge in [0.25, 0.3) is 17.5 Å². The van der Waals surface area contributed by atoms with Gasteiger partial charge >= 0.3 is 0 Å². The van der Waals surface area contributed by atoms with E-state index < -0.39 is 16.7 Å². The maximum absolute atomic E-state index is 12.7. The highest BCUT2D eigenvalue weighted by Gasteiger charge is 2.33. The summed E-state index contributed by atoms with van der Waals surface area (Å²) in [5.41, 5.74) is 0.727. The van der Waals surface area contributed by atoms with Crippen molar-refractivity contribution < 1.29 is 19.3 Å². The highest BCUT2D eigenvalue weighted by molar-refractivity contribution is 7.80. The molecule has 2 heterocycles. The Hall–Kier alpha value is -3.34. The van der Waals surface area contributed by atoms with Gasteiger partial charge in [-0.15, -0.1) is 0 Å². The first-order chi connectivity index (χ1) is 14.2. The maximum atomic E-state index is 12.7. The molecule has 10 nitrogen and oxygen atoms in total. The smallest absolute Gasteiger partial charge is 0.270 e. The predicted molar refractivity (Wildman–Crippen MR) is 114 cm³/mol. The molecule has 0 radical (unpaired) electrons. The molecule has 0 saturated carbocycles. The zero-order chi connectivity index (χ0) is 22.0. The number of thiocarbonyl (C=S) groups is 1. The van der Waals surface area contributed by atoms with Gasteiger partial charge in [0.05, 0.1) is 4.92 Å². The van der Waals surface area contributed by atoms with Gasteiger partial charge in [-0.05, 0) is 31.3 Å². The minimum Gasteiger partial charge on any atom is -0.367 e. The van der Waals surface area contributed by atoms with Crippen molar-refractivity contribution in [1.29, 1.82) is 0 Å². The summed E-state index contributed by atoms with van der Waals surface area (Å²) in [6.45, 7) is 5.60. The third-order valence-corrected chi connectivity index (χ3v) is 5.41. The van der Waals surface area contributed by atoms with Crippen molar-refractivity contribution in [3.63, 3.8) is 0 Å². The van der Waals surface area contributed by atoms with E-state index in [1.165, 1.54) is 30.0 Å². The van der Waals surface area contributed by atoms with E-state index in [4.69, 9.17) is 12.2 Å². The van der Waals surface area contributed by atoms with E-state index in [1.54, 1.807) is 17.9 Å². The summed E-state index contributed by atoms with van der Waals surface area (Å²) >= 11 is 5.03. The number of nitrogens with one attached hydrogen (secondary N) is 1. The van der Waals surface area contributed by atoms with Gasteiger partial charge in [-0.2, -0.15) is 0 Å². The average Bonchev–Trinajstić information content (AvgIpc) is 2.71. The van der Waals surface area contributed by atoms with Crippen molar-refractivity contribution in [3.05, 3.63) is 39.4 Å². The standard InChI is InChI=1S/C19H21N5O5S/c1-3-23-18(27)15(17(26)20-19(23)30)11-13-10-14(24(28)29)4-5-16(13)22-8-6-21(7-9-22)12(2)25/h4-5,10-11H,3,6-9H2,1-2H3,(H,20,26,30)/b15-11-. The molecule has 30 heavy (non-hydrogen) atoms. The number of non-ortho nitro benzene ring substituents is 1.